The number of carbonyl (C=O) groups excluding carboxylic acids is 2. The number of carbonyl (C=O) groups is 2. The van der Waals surface area contributed by atoms with Crippen LogP contribution in [0.4, 0.5) is 4.79 Å². The average molecular weight is 321 g/mol. The van der Waals surface area contributed by atoms with E-state index in [1.165, 1.54) is 4.90 Å². The molecule has 0 aliphatic carbocycles. The number of rotatable bonds is 8. The Hall–Kier alpha value is -2.04. The summed E-state index contributed by atoms with van der Waals surface area (Å²) in [5, 5.41) is 0. The van der Waals surface area contributed by atoms with Crippen LogP contribution in [0.15, 0.2) is 30.3 Å². The SMILES string of the molecule is CCCOC(=O)C(CC(C)C)N(C)C(=O)OCc1ccccc1. The van der Waals surface area contributed by atoms with E-state index in [1.54, 1.807) is 7.05 Å². The lowest BCUT2D eigenvalue weighted by molar-refractivity contribution is -0.149. The number of nitrogens with zero attached hydrogens (tertiary/aromatic N) is 1. The molecule has 1 atom stereocenters. The number of ether oxygens (including phenoxy) is 2. The molecule has 5 heteroatoms. The molecule has 0 N–H and O–H groups in total. The lowest BCUT2D eigenvalue weighted by atomic mass is 10.0. The molecular formula is C18H27NO4. The number of esters is 1. The summed E-state index contributed by atoms with van der Waals surface area (Å²) in [5.74, 6) is -0.113. The molecule has 1 aromatic rings. The topological polar surface area (TPSA) is 55.8 Å². The molecule has 0 fully saturated rings. The first-order valence-electron chi connectivity index (χ1n) is 8.05. The monoisotopic (exact) mass is 321 g/mol. The average Bonchev–Trinajstić information content (AvgIpc) is 2.55. The molecule has 1 amide bonds. The fraction of sp³-hybridized carbons (Fsp3) is 0.556. The molecule has 0 bridgehead atoms. The van der Waals surface area contributed by atoms with Gasteiger partial charge in [-0.05, 0) is 24.3 Å². The highest BCUT2D eigenvalue weighted by Crippen LogP contribution is 2.14. The fourth-order valence-corrected chi connectivity index (χ4v) is 2.11. The minimum absolute atomic E-state index is 0.183. The van der Waals surface area contributed by atoms with Gasteiger partial charge in [0.25, 0.3) is 0 Å². The first-order chi connectivity index (χ1) is 11.0. The van der Waals surface area contributed by atoms with E-state index >= 15 is 0 Å². The van der Waals surface area contributed by atoms with Crippen molar-refractivity contribution >= 4 is 12.1 Å². The van der Waals surface area contributed by atoms with Crippen molar-refractivity contribution in [2.75, 3.05) is 13.7 Å². The zero-order chi connectivity index (χ0) is 17.2. The van der Waals surface area contributed by atoms with Crippen LogP contribution in [0.1, 0.15) is 39.2 Å². The van der Waals surface area contributed by atoms with Crippen LogP contribution in [-0.4, -0.2) is 36.7 Å². The predicted molar refractivity (Wildman–Crippen MR) is 88.9 cm³/mol. The molecular weight excluding hydrogens is 294 g/mol. The van der Waals surface area contributed by atoms with E-state index in [-0.39, 0.29) is 18.5 Å². The van der Waals surface area contributed by atoms with Crippen molar-refractivity contribution in [2.45, 2.75) is 46.3 Å². The molecule has 0 saturated heterocycles. The Bertz CT molecular complexity index is 487. The van der Waals surface area contributed by atoms with Gasteiger partial charge in [0, 0.05) is 7.05 Å². The van der Waals surface area contributed by atoms with E-state index < -0.39 is 12.1 Å². The highest BCUT2D eigenvalue weighted by molar-refractivity contribution is 5.81. The van der Waals surface area contributed by atoms with Crippen LogP contribution in [-0.2, 0) is 20.9 Å². The summed E-state index contributed by atoms with van der Waals surface area (Å²) in [6.45, 7) is 6.48. The minimum Gasteiger partial charge on any atom is -0.464 e. The Labute approximate surface area is 138 Å². The van der Waals surface area contributed by atoms with E-state index in [2.05, 4.69) is 0 Å². The zero-order valence-electron chi connectivity index (χ0n) is 14.5. The number of hydrogen-bond donors (Lipinski definition) is 0. The maximum atomic E-state index is 12.2. The van der Waals surface area contributed by atoms with Gasteiger partial charge in [0.2, 0.25) is 0 Å². The standard InChI is InChI=1S/C18H27NO4/c1-5-11-22-17(20)16(12-14(2)3)19(4)18(21)23-13-15-9-7-6-8-10-15/h6-10,14,16H,5,11-13H2,1-4H3. The summed E-state index contributed by atoms with van der Waals surface area (Å²) in [7, 11) is 1.58. The van der Waals surface area contributed by atoms with Crippen LogP contribution in [0, 0.1) is 5.92 Å². The van der Waals surface area contributed by atoms with E-state index in [9.17, 15) is 9.59 Å². The third-order valence-electron chi connectivity index (χ3n) is 3.38. The number of amides is 1. The molecule has 128 valence electrons. The second kappa shape index (κ2) is 9.87. The third-order valence-corrected chi connectivity index (χ3v) is 3.38. The van der Waals surface area contributed by atoms with Gasteiger partial charge >= 0.3 is 12.1 Å². The first-order valence-corrected chi connectivity index (χ1v) is 8.05. The normalized spacial score (nSPS) is 11.9. The lowest BCUT2D eigenvalue weighted by Crippen LogP contribution is -2.44. The Morgan fingerprint density at radius 2 is 1.78 bits per heavy atom. The van der Waals surface area contributed by atoms with Gasteiger partial charge in [-0.1, -0.05) is 51.1 Å². The Balaban J connectivity index is 2.64. The largest absolute Gasteiger partial charge is 0.464 e. The summed E-state index contributed by atoms with van der Waals surface area (Å²) in [4.78, 5) is 25.7. The molecule has 23 heavy (non-hydrogen) atoms. The Morgan fingerprint density at radius 3 is 2.35 bits per heavy atom. The van der Waals surface area contributed by atoms with Crippen molar-refractivity contribution < 1.29 is 19.1 Å². The second-order valence-corrected chi connectivity index (χ2v) is 5.96. The van der Waals surface area contributed by atoms with Gasteiger partial charge < -0.3 is 9.47 Å². The second-order valence-electron chi connectivity index (χ2n) is 5.96. The van der Waals surface area contributed by atoms with Crippen molar-refractivity contribution in [1.29, 1.82) is 0 Å². The van der Waals surface area contributed by atoms with Gasteiger partial charge in [0.05, 0.1) is 6.61 Å². The lowest BCUT2D eigenvalue weighted by Gasteiger charge is -2.27. The van der Waals surface area contributed by atoms with Gasteiger partial charge in [-0.15, -0.1) is 0 Å². The maximum absolute atomic E-state index is 12.2. The van der Waals surface area contributed by atoms with E-state index in [1.807, 2.05) is 51.1 Å². The van der Waals surface area contributed by atoms with Crippen LogP contribution in [0.2, 0.25) is 0 Å². The molecule has 0 saturated carbocycles. The highest BCUT2D eigenvalue weighted by atomic mass is 16.6. The van der Waals surface area contributed by atoms with E-state index in [4.69, 9.17) is 9.47 Å². The molecule has 5 nitrogen and oxygen atoms in total. The Kier molecular flexibility index (Phi) is 8.16. The molecule has 1 rings (SSSR count). The predicted octanol–water partition coefficient (Wildman–Crippen LogP) is 3.62. The zero-order valence-corrected chi connectivity index (χ0v) is 14.5. The molecule has 0 aliphatic heterocycles. The molecule has 0 aliphatic rings. The van der Waals surface area contributed by atoms with Gasteiger partial charge in [0.15, 0.2) is 0 Å². The van der Waals surface area contributed by atoms with Gasteiger partial charge in [-0.2, -0.15) is 0 Å². The van der Waals surface area contributed by atoms with Crippen molar-refractivity contribution in [2.24, 2.45) is 5.92 Å². The van der Waals surface area contributed by atoms with E-state index in [0.717, 1.165) is 12.0 Å². The summed E-state index contributed by atoms with van der Waals surface area (Å²) >= 11 is 0. The summed E-state index contributed by atoms with van der Waals surface area (Å²) in [5.41, 5.74) is 0.906. The van der Waals surface area contributed by atoms with Crippen molar-refractivity contribution in [3.05, 3.63) is 35.9 Å². The van der Waals surface area contributed by atoms with Crippen LogP contribution < -0.4 is 0 Å². The fourth-order valence-electron chi connectivity index (χ4n) is 2.11. The number of likely N-dealkylation sites (N-methyl/N-ethyl adjacent to an activating group) is 1. The summed E-state index contributed by atoms with van der Waals surface area (Å²) in [6, 6.07) is 8.82. The summed E-state index contributed by atoms with van der Waals surface area (Å²) < 4.78 is 10.5. The highest BCUT2D eigenvalue weighted by Gasteiger charge is 2.29. The number of hydrogen-bond acceptors (Lipinski definition) is 4. The van der Waals surface area contributed by atoms with Crippen molar-refractivity contribution in [3.63, 3.8) is 0 Å². The van der Waals surface area contributed by atoms with Crippen LogP contribution in [0.25, 0.3) is 0 Å². The smallest absolute Gasteiger partial charge is 0.410 e. The van der Waals surface area contributed by atoms with Crippen LogP contribution in [0.5, 0.6) is 0 Å². The van der Waals surface area contributed by atoms with Gasteiger partial charge in [-0.3, -0.25) is 4.90 Å². The molecule has 0 heterocycles. The molecule has 0 spiro atoms. The quantitative estimate of drug-likeness (QED) is 0.686. The summed E-state index contributed by atoms with van der Waals surface area (Å²) in [6.07, 6.45) is 0.773. The van der Waals surface area contributed by atoms with E-state index in [0.29, 0.717) is 13.0 Å². The van der Waals surface area contributed by atoms with Gasteiger partial charge in [0.1, 0.15) is 12.6 Å². The van der Waals surface area contributed by atoms with Gasteiger partial charge in [-0.25, -0.2) is 9.59 Å². The first kappa shape index (κ1) is 19.0. The molecule has 0 aromatic heterocycles. The van der Waals surface area contributed by atoms with Crippen LogP contribution in [0.3, 0.4) is 0 Å². The van der Waals surface area contributed by atoms with Crippen LogP contribution >= 0.6 is 0 Å². The third kappa shape index (κ3) is 6.72. The Morgan fingerprint density at radius 1 is 1.13 bits per heavy atom. The molecule has 0 radical (unpaired) electrons. The van der Waals surface area contributed by atoms with Crippen molar-refractivity contribution in [3.8, 4) is 0 Å². The minimum atomic E-state index is -0.621. The molecule has 1 aromatic carbocycles. The molecule has 1 unspecified atom stereocenters. The maximum Gasteiger partial charge on any atom is 0.410 e. The van der Waals surface area contributed by atoms with Crippen molar-refractivity contribution in [1.82, 2.24) is 4.90 Å². The number of benzene rings is 1.